The molecule has 3 rings (SSSR count). The molecule has 0 spiro atoms. The molecule has 2 N–H and O–H groups in total. The topological polar surface area (TPSA) is 71.7 Å². The van der Waals surface area contributed by atoms with Crippen molar-refractivity contribution in [3.05, 3.63) is 36.7 Å². The van der Waals surface area contributed by atoms with Gasteiger partial charge in [0.15, 0.2) is 11.5 Å². The van der Waals surface area contributed by atoms with Gasteiger partial charge in [-0.05, 0) is 24.3 Å². The van der Waals surface area contributed by atoms with E-state index in [1.165, 1.54) is 7.11 Å². The van der Waals surface area contributed by atoms with Gasteiger partial charge < -0.3 is 15.2 Å². The van der Waals surface area contributed by atoms with Gasteiger partial charge in [0.1, 0.15) is 5.82 Å². The third-order valence-electron chi connectivity index (χ3n) is 3.06. The number of phenolic OH excluding ortho intramolecular Hbond substituents is 1. The second-order valence-electron chi connectivity index (χ2n) is 4.28. The van der Waals surface area contributed by atoms with Crippen molar-refractivity contribution < 1.29 is 9.84 Å². The van der Waals surface area contributed by atoms with Crippen LogP contribution in [0.3, 0.4) is 0 Å². The van der Waals surface area contributed by atoms with Crippen molar-refractivity contribution in [1.82, 2.24) is 14.4 Å². The molecule has 6 heteroatoms. The highest BCUT2D eigenvalue weighted by Gasteiger charge is 2.09. The zero-order valence-electron chi connectivity index (χ0n) is 11.2. The van der Waals surface area contributed by atoms with Crippen LogP contribution < -0.4 is 10.1 Å². The van der Waals surface area contributed by atoms with Gasteiger partial charge in [-0.2, -0.15) is 4.98 Å². The summed E-state index contributed by atoms with van der Waals surface area (Å²) in [5.41, 5.74) is 1.63. The van der Waals surface area contributed by atoms with E-state index in [9.17, 15) is 5.11 Å². The van der Waals surface area contributed by atoms with E-state index >= 15 is 0 Å². The number of nitrogens with one attached hydrogen (secondary N) is 1. The second kappa shape index (κ2) is 4.73. The highest BCUT2D eigenvalue weighted by atomic mass is 16.5. The molecule has 0 aliphatic carbocycles. The van der Waals surface area contributed by atoms with Crippen LogP contribution in [0.4, 0.5) is 5.82 Å². The molecular formula is C14H14N4O2. The summed E-state index contributed by atoms with van der Waals surface area (Å²) in [6, 6.07) is 7.00. The summed E-state index contributed by atoms with van der Waals surface area (Å²) >= 11 is 0. The highest BCUT2D eigenvalue weighted by molar-refractivity contribution is 5.65. The Balaban J connectivity index is 2.09. The lowest BCUT2D eigenvalue weighted by Gasteiger charge is -2.04. The molecule has 0 radical (unpaired) electrons. The Morgan fingerprint density at radius 2 is 2.10 bits per heavy atom. The van der Waals surface area contributed by atoms with Gasteiger partial charge in [0, 0.05) is 25.0 Å². The van der Waals surface area contributed by atoms with Crippen LogP contribution in [0.1, 0.15) is 0 Å². The SMILES string of the molecule is CNc1ccn2cc(-c3ccc(O)c(OC)c3)nc2n1. The second-order valence-corrected chi connectivity index (χ2v) is 4.28. The van der Waals surface area contributed by atoms with Gasteiger partial charge >= 0.3 is 0 Å². The third kappa shape index (κ3) is 2.01. The minimum Gasteiger partial charge on any atom is -0.504 e. The number of hydrogen-bond acceptors (Lipinski definition) is 5. The molecule has 0 saturated heterocycles. The molecule has 6 nitrogen and oxygen atoms in total. The summed E-state index contributed by atoms with van der Waals surface area (Å²) in [7, 11) is 3.33. The molecule has 0 aliphatic rings. The van der Waals surface area contributed by atoms with Crippen molar-refractivity contribution in [1.29, 1.82) is 0 Å². The van der Waals surface area contributed by atoms with Crippen LogP contribution in [0.2, 0.25) is 0 Å². The molecule has 102 valence electrons. The third-order valence-corrected chi connectivity index (χ3v) is 3.06. The maximum Gasteiger partial charge on any atom is 0.236 e. The molecule has 3 aromatic rings. The molecule has 0 saturated carbocycles. The van der Waals surface area contributed by atoms with Gasteiger partial charge in [-0.25, -0.2) is 4.98 Å². The van der Waals surface area contributed by atoms with Crippen molar-refractivity contribution in [2.75, 3.05) is 19.5 Å². The highest BCUT2D eigenvalue weighted by Crippen LogP contribution is 2.31. The number of benzene rings is 1. The number of phenols is 1. The Labute approximate surface area is 115 Å². The van der Waals surface area contributed by atoms with Gasteiger partial charge in [0.05, 0.1) is 12.8 Å². The number of imidazole rings is 1. The first kappa shape index (κ1) is 12.3. The fourth-order valence-corrected chi connectivity index (χ4v) is 1.99. The van der Waals surface area contributed by atoms with E-state index in [1.54, 1.807) is 18.2 Å². The van der Waals surface area contributed by atoms with Crippen LogP contribution in [-0.2, 0) is 0 Å². The molecule has 2 heterocycles. The van der Waals surface area contributed by atoms with Crippen molar-refractivity contribution in [2.24, 2.45) is 0 Å². The minimum atomic E-state index is 0.107. The number of aromatic nitrogens is 3. The summed E-state index contributed by atoms with van der Waals surface area (Å²) in [5, 5.41) is 12.6. The largest absolute Gasteiger partial charge is 0.504 e. The van der Waals surface area contributed by atoms with E-state index in [4.69, 9.17) is 4.74 Å². The Bertz CT molecular complexity index is 767. The molecule has 0 amide bonds. The first-order chi connectivity index (χ1) is 9.71. The van der Waals surface area contributed by atoms with E-state index in [2.05, 4.69) is 15.3 Å². The van der Waals surface area contributed by atoms with Crippen molar-refractivity contribution in [3.8, 4) is 22.8 Å². The van der Waals surface area contributed by atoms with Crippen molar-refractivity contribution in [3.63, 3.8) is 0 Å². The number of nitrogens with zero attached hydrogens (tertiary/aromatic N) is 3. The summed E-state index contributed by atoms with van der Waals surface area (Å²) in [5.74, 6) is 1.90. The quantitative estimate of drug-likeness (QED) is 0.763. The van der Waals surface area contributed by atoms with Crippen LogP contribution in [0.15, 0.2) is 36.7 Å². The van der Waals surface area contributed by atoms with Gasteiger partial charge in [0.2, 0.25) is 5.78 Å². The lowest BCUT2D eigenvalue weighted by molar-refractivity contribution is 0.373. The Morgan fingerprint density at radius 3 is 2.85 bits per heavy atom. The number of rotatable bonds is 3. The lowest BCUT2D eigenvalue weighted by Crippen LogP contribution is -1.94. The minimum absolute atomic E-state index is 0.107. The molecule has 1 aromatic carbocycles. The number of anilines is 1. The fourth-order valence-electron chi connectivity index (χ4n) is 1.99. The van der Waals surface area contributed by atoms with E-state index < -0.39 is 0 Å². The van der Waals surface area contributed by atoms with Crippen molar-refractivity contribution in [2.45, 2.75) is 0 Å². The smallest absolute Gasteiger partial charge is 0.236 e. The van der Waals surface area contributed by atoms with E-state index in [-0.39, 0.29) is 5.75 Å². The molecule has 2 aromatic heterocycles. The molecule has 20 heavy (non-hydrogen) atoms. The maximum atomic E-state index is 9.62. The van der Waals surface area contributed by atoms with Gasteiger partial charge in [-0.3, -0.25) is 4.40 Å². The maximum absolute atomic E-state index is 9.62. The lowest BCUT2D eigenvalue weighted by atomic mass is 10.1. The van der Waals surface area contributed by atoms with Crippen LogP contribution in [-0.4, -0.2) is 33.6 Å². The first-order valence-corrected chi connectivity index (χ1v) is 6.12. The van der Waals surface area contributed by atoms with Crippen LogP contribution in [0.25, 0.3) is 17.0 Å². The van der Waals surface area contributed by atoms with Gasteiger partial charge in [-0.15, -0.1) is 0 Å². The Morgan fingerprint density at radius 1 is 1.25 bits per heavy atom. The van der Waals surface area contributed by atoms with Gasteiger partial charge in [-0.1, -0.05) is 0 Å². The predicted octanol–water partition coefficient (Wildman–Crippen LogP) is 2.15. The summed E-state index contributed by atoms with van der Waals surface area (Å²) < 4.78 is 6.95. The average Bonchev–Trinajstić information content (AvgIpc) is 2.90. The van der Waals surface area contributed by atoms with Crippen LogP contribution >= 0.6 is 0 Å². The average molecular weight is 270 g/mol. The van der Waals surface area contributed by atoms with Crippen LogP contribution in [0.5, 0.6) is 11.5 Å². The number of aromatic hydroxyl groups is 1. The monoisotopic (exact) mass is 270 g/mol. The fraction of sp³-hybridized carbons (Fsp3) is 0.143. The summed E-state index contributed by atoms with van der Waals surface area (Å²) in [6.07, 6.45) is 3.77. The molecule has 0 atom stereocenters. The predicted molar refractivity (Wildman–Crippen MR) is 76.2 cm³/mol. The van der Waals surface area contributed by atoms with E-state index in [1.807, 2.05) is 29.9 Å². The number of ether oxygens (including phenoxy) is 1. The van der Waals surface area contributed by atoms with E-state index in [0.717, 1.165) is 17.1 Å². The summed E-state index contributed by atoms with van der Waals surface area (Å²) in [4.78, 5) is 8.83. The van der Waals surface area contributed by atoms with Gasteiger partial charge in [0.25, 0.3) is 0 Å². The molecular weight excluding hydrogens is 256 g/mol. The Kier molecular flexibility index (Phi) is 2.90. The summed E-state index contributed by atoms with van der Waals surface area (Å²) in [6.45, 7) is 0. The molecule has 0 unspecified atom stereocenters. The number of methoxy groups -OCH3 is 1. The molecule has 0 bridgehead atoms. The zero-order valence-corrected chi connectivity index (χ0v) is 11.2. The normalized spacial score (nSPS) is 10.7. The first-order valence-electron chi connectivity index (χ1n) is 6.12. The standard InChI is InChI=1S/C14H14N4O2/c1-15-13-5-6-18-8-10(16-14(18)17-13)9-3-4-11(19)12(7-9)20-2/h3-8,19H,1-2H3,(H,15,16,17). The van der Waals surface area contributed by atoms with E-state index in [0.29, 0.717) is 11.5 Å². The zero-order chi connectivity index (χ0) is 14.1. The molecule has 0 aliphatic heterocycles. The molecule has 0 fully saturated rings. The number of fused-ring (bicyclic) bond motifs is 1. The van der Waals surface area contributed by atoms with Crippen molar-refractivity contribution >= 4 is 11.6 Å². The number of hydrogen-bond donors (Lipinski definition) is 2. The van der Waals surface area contributed by atoms with Crippen LogP contribution in [0, 0.1) is 0 Å². The Hall–Kier alpha value is -2.76.